The lowest BCUT2D eigenvalue weighted by Crippen LogP contribution is -2.14. The number of hydrogen-bond acceptors (Lipinski definition) is 3. The van der Waals surface area contributed by atoms with Crippen LogP contribution in [0, 0.1) is 0 Å². The molecule has 110 valence electrons. The molecule has 0 radical (unpaired) electrons. The van der Waals surface area contributed by atoms with Crippen LogP contribution in [0.5, 0.6) is 0 Å². The lowest BCUT2D eigenvalue weighted by atomic mass is 10.0. The van der Waals surface area contributed by atoms with Gasteiger partial charge in [0, 0.05) is 5.02 Å². The van der Waals surface area contributed by atoms with E-state index >= 15 is 0 Å². The third-order valence-electron chi connectivity index (χ3n) is 3.14. The van der Waals surface area contributed by atoms with Crippen molar-refractivity contribution in [1.29, 1.82) is 0 Å². The quantitative estimate of drug-likeness (QED) is 0.831. The van der Waals surface area contributed by atoms with Crippen LogP contribution in [-0.2, 0) is 17.8 Å². The number of carbonyl (C=O) groups excluding carboxylic acids is 1. The number of likely N-dealkylation sites (N-methyl/N-ethyl adjacent to an activating group) is 1. The molecule has 21 heavy (non-hydrogen) atoms. The van der Waals surface area contributed by atoms with Crippen LogP contribution in [0.15, 0.2) is 48.5 Å². The van der Waals surface area contributed by atoms with Crippen LogP contribution in [0.1, 0.15) is 21.5 Å². The van der Waals surface area contributed by atoms with E-state index in [4.69, 9.17) is 16.3 Å². The molecule has 0 atom stereocenters. The van der Waals surface area contributed by atoms with Crippen molar-refractivity contribution in [1.82, 2.24) is 5.32 Å². The maximum atomic E-state index is 12.2. The van der Waals surface area contributed by atoms with Gasteiger partial charge in [0.05, 0.1) is 5.56 Å². The number of rotatable bonds is 6. The smallest absolute Gasteiger partial charge is 0.338 e. The Morgan fingerprint density at radius 2 is 2.00 bits per heavy atom. The van der Waals surface area contributed by atoms with Crippen LogP contribution in [0.25, 0.3) is 0 Å². The molecule has 0 heterocycles. The lowest BCUT2D eigenvalue weighted by molar-refractivity contribution is 0.0471. The second-order valence-electron chi connectivity index (χ2n) is 4.72. The Kier molecular flexibility index (Phi) is 5.78. The molecule has 2 aromatic rings. The van der Waals surface area contributed by atoms with Crippen molar-refractivity contribution in [2.45, 2.75) is 13.0 Å². The molecule has 0 spiro atoms. The van der Waals surface area contributed by atoms with Crippen LogP contribution < -0.4 is 5.32 Å². The molecule has 2 rings (SSSR count). The molecule has 0 aliphatic heterocycles. The molecular formula is C17H18ClNO2. The molecule has 0 fully saturated rings. The fourth-order valence-electron chi connectivity index (χ4n) is 2.05. The van der Waals surface area contributed by atoms with Gasteiger partial charge in [-0.15, -0.1) is 0 Å². The SMILES string of the molecule is CNCCc1ccccc1C(=O)OCc1cccc(Cl)c1. The average molecular weight is 304 g/mol. The highest BCUT2D eigenvalue weighted by atomic mass is 35.5. The highest BCUT2D eigenvalue weighted by molar-refractivity contribution is 6.30. The van der Waals surface area contributed by atoms with Gasteiger partial charge in [0.15, 0.2) is 0 Å². The molecule has 0 bridgehead atoms. The van der Waals surface area contributed by atoms with Crippen molar-refractivity contribution >= 4 is 17.6 Å². The molecular weight excluding hydrogens is 286 g/mol. The first-order valence-electron chi connectivity index (χ1n) is 6.85. The van der Waals surface area contributed by atoms with Gasteiger partial charge in [-0.25, -0.2) is 4.79 Å². The van der Waals surface area contributed by atoms with Crippen molar-refractivity contribution in [2.75, 3.05) is 13.6 Å². The minimum Gasteiger partial charge on any atom is -0.457 e. The Balaban J connectivity index is 2.03. The summed E-state index contributed by atoms with van der Waals surface area (Å²) in [7, 11) is 1.89. The second-order valence-corrected chi connectivity index (χ2v) is 5.15. The zero-order valence-corrected chi connectivity index (χ0v) is 12.7. The second kappa shape index (κ2) is 7.81. The van der Waals surface area contributed by atoms with Gasteiger partial charge in [-0.1, -0.05) is 41.9 Å². The summed E-state index contributed by atoms with van der Waals surface area (Å²) in [6.07, 6.45) is 0.791. The summed E-state index contributed by atoms with van der Waals surface area (Å²) in [5, 5.41) is 3.72. The topological polar surface area (TPSA) is 38.3 Å². The monoisotopic (exact) mass is 303 g/mol. The number of ether oxygens (including phenoxy) is 1. The summed E-state index contributed by atoms with van der Waals surface area (Å²) in [6.45, 7) is 1.04. The Bertz CT molecular complexity index is 613. The van der Waals surface area contributed by atoms with Crippen molar-refractivity contribution in [3.63, 3.8) is 0 Å². The van der Waals surface area contributed by atoms with Gasteiger partial charge in [-0.2, -0.15) is 0 Å². The standard InChI is InChI=1S/C17H18ClNO2/c1-19-10-9-14-6-2-3-8-16(14)17(20)21-12-13-5-4-7-15(18)11-13/h2-8,11,19H,9-10,12H2,1H3. The summed E-state index contributed by atoms with van der Waals surface area (Å²) < 4.78 is 5.37. The van der Waals surface area contributed by atoms with E-state index in [1.54, 1.807) is 18.2 Å². The van der Waals surface area contributed by atoms with Gasteiger partial charge in [-0.05, 0) is 49.3 Å². The number of esters is 1. The first-order chi connectivity index (χ1) is 10.2. The molecule has 0 aromatic heterocycles. The minimum atomic E-state index is -0.304. The van der Waals surface area contributed by atoms with E-state index in [0.29, 0.717) is 10.6 Å². The van der Waals surface area contributed by atoms with Crippen molar-refractivity contribution in [3.8, 4) is 0 Å². The largest absolute Gasteiger partial charge is 0.457 e. The molecule has 0 aliphatic carbocycles. The first-order valence-corrected chi connectivity index (χ1v) is 7.22. The normalized spacial score (nSPS) is 10.4. The van der Waals surface area contributed by atoms with Gasteiger partial charge in [-0.3, -0.25) is 0 Å². The first kappa shape index (κ1) is 15.5. The van der Waals surface area contributed by atoms with E-state index in [1.807, 2.05) is 37.4 Å². The molecule has 0 saturated carbocycles. The van der Waals surface area contributed by atoms with E-state index < -0.39 is 0 Å². The van der Waals surface area contributed by atoms with Crippen LogP contribution in [0.2, 0.25) is 5.02 Å². The molecule has 0 unspecified atom stereocenters. The Morgan fingerprint density at radius 1 is 1.19 bits per heavy atom. The summed E-state index contributed by atoms with van der Waals surface area (Å²) in [5.74, 6) is -0.304. The van der Waals surface area contributed by atoms with E-state index in [2.05, 4.69) is 5.32 Å². The third-order valence-corrected chi connectivity index (χ3v) is 3.38. The fourth-order valence-corrected chi connectivity index (χ4v) is 2.26. The lowest BCUT2D eigenvalue weighted by Gasteiger charge is -2.09. The van der Waals surface area contributed by atoms with E-state index in [-0.39, 0.29) is 12.6 Å². The molecule has 1 N–H and O–H groups in total. The Hall–Kier alpha value is -1.84. The minimum absolute atomic E-state index is 0.222. The summed E-state index contributed by atoms with van der Waals surface area (Å²) in [6, 6.07) is 14.8. The van der Waals surface area contributed by atoms with Gasteiger partial charge in [0.1, 0.15) is 6.61 Å². The van der Waals surface area contributed by atoms with E-state index in [1.165, 1.54) is 0 Å². The maximum absolute atomic E-state index is 12.2. The zero-order valence-electron chi connectivity index (χ0n) is 11.9. The summed E-state index contributed by atoms with van der Waals surface area (Å²) in [5.41, 5.74) is 2.49. The van der Waals surface area contributed by atoms with Crippen molar-refractivity contribution in [3.05, 3.63) is 70.2 Å². The molecule has 0 amide bonds. The summed E-state index contributed by atoms with van der Waals surface area (Å²) in [4.78, 5) is 12.2. The number of halogens is 1. The molecule has 4 heteroatoms. The maximum Gasteiger partial charge on any atom is 0.338 e. The van der Waals surface area contributed by atoms with E-state index in [9.17, 15) is 4.79 Å². The number of nitrogens with one attached hydrogen (secondary N) is 1. The highest BCUT2D eigenvalue weighted by Crippen LogP contribution is 2.14. The number of benzene rings is 2. The summed E-state index contributed by atoms with van der Waals surface area (Å²) >= 11 is 5.91. The van der Waals surface area contributed by atoms with E-state index in [0.717, 1.165) is 24.1 Å². The molecule has 2 aromatic carbocycles. The van der Waals surface area contributed by atoms with Crippen molar-refractivity contribution in [2.24, 2.45) is 0 Å². The molecule has 0 aliphatic rings. The van der Waals surface area contributed by atoms with Crippen LogP contribution in [-0.4, -0.2) is 19.6 Å². The average Bonchev–Trinajstić information content (AvgIpc) is 2.51. The predicted octanol–water partition coefficient (Wildman–Crippen LogP) is 3.46. The molecule has 0 saturated heterocycles. The van der Waals surface area contributed by atoms with Gasteiger partial charge in [0.2, 0.25) is 0 Å². The van der Waals surface area contributed by atoms with Gasteiger partial charge in [0.25, 0.3) is 0 Å². The zero-order chi connectivity index (χ0) is 15.1. The predicted molar refractivity (Wildman–Crippen MR) is 84.6 cm³/mol. The van der Waals surface area contributed by atoms with Crippen LogP contribution >= 0.6 is 11.6 Å². The van der Waals surface area contributed by atoms with Crippen LogP contribution in [0.4, 0.5) is 0 Å². The van der Waals surface area contributed by atoms with Gasteiger partial charge >= 0.3 is 5.97 Å². The fraction of sp³-hybridized carbons (Fsp3) is 0.235. The third kappa shape index (κ3) is 4.59. The van der Waals surface area contributed by atoms with Gasteiger partial charge < -0.3 is 10.1 Å². The van der Waals surface area contributed by atoms with Crippen LogP contribution in [0.3, 0.4) is 0 Å². The Morgan fingerprint density at radius 3 is 2.76 bits per heavy atom. The molecule has 3 nitrogen and oxygen atoms in total. The highest BCUT2D eigenvalue weighted by Gasteiger charge is 2.12. The number of hydrogen-bond donors (Lipinski definition) is 1. The number of carbonyl (C=O) groups is 1. The Labute approximate surface area is 129 Å². The van der Waals surface area contributed by atoms with Crippen molar-refractivity contribution < 1.29 is 9.53 Å².